The molecule has 3 aromatic rings. The Labute approximate surface area is 192 Å². The van der Waals surface area contributed by atoms with Crippen LogP contribution in [0.4, 0.5) is 11.4 Å². The molecule has 1 aliphatic heterocycles. The summed E-state index contributed by atoms with van der Waals surface area (Å²) < 4.78 is 5.79. The second-order valence-electron chi connectivity index (χ2n) is 8.00. The van der Waals surface area contributed by atoms with Crippen molar-refractivity contribution in [3.63, 3.8) is 0 Å². The van der Waals surface area contributed by atoms with E-state index in [2.05, 4.69) is 27.8 Å². The summed E-state index contributed by atoms with van der Waals surface area (Å²) in [6.07, 6.45) is -0.217. The monoisotopic (exact) mass is 445 g/mol. The van der Waals surface area contributed by atoms with E-state index in [0.29, 0.717) is 25.5 Å². The van der Waals surface area contributed by atoms with Crippen molar-refractivity contribution in [2.45, 2.75) is 32.2 Å². The van der Waals surface area contributed by atoms with Crippen LogP contribution < -0.4 is 21.1 Å². The van der Waals surface area contributed by atoms with E-state index < -0.39 is 0 Å². The molecule has 0 saturated heterocycles. The Balaban J connectivity index is 1.40. The summed E-state index contributed by atoms with van der Waals surface area (Å²) in [5, 5.41) is 17.9. The molecule has 0 bridgehead atoms. The molecule has 170 valence electrons. The number of nitrogens with zero attached hydrogens (tertiary/aromatic N) is 2. The van der Waals surface area contributed by atoms with Crippen LogP contribution in [0.1, 0.15) is 29.7 Å². The smallest absolute Gasteiger partial charge is 0.269 e. The van der Waals surface area contributed by atoms with E-state index >= 15 is 0 Å². The first-order chi connectivity index (χ1) is 16.0. The number of rotatable bonds is 9. The van der Waals surface area contributed by atoms with Crippen LogP contribution in [-0.2, 0) is 13.1 Å². The van der Waals surface area contributed by atoms with Crippen LogP contribution in [0.3, 0.4) is 0 Å². The Morgan fingerprint density at radius 2 is 1.79 bits per heavy atom. The van der Waals surface area contributed by atoms with Crippen molar-refractivity contribution >= 4 is 17.2 Å². The molecule has 2 unspecified atom stereocenters. The number of fused-ring (bicyclic) bond motifs is 1. The normalized spacial score (nSPS) is 15.8. The van der Waals surface area contributed by atoms with E-state index in [-0.39, 0.29) is 22.8 Å². The minimum Gasteiger partial charge on any atom is -0.481 e. The second kappa shape index (κ2) is 10.2. The molecule has 0 spiro atoms. The minimum absolute atomic E-state index is 0.0742. The van der Waals surface area contributed by atoms with Gasteiger partial charge in [-0.3, -0.25) is 10.1 Å². The molecular formula is C25H27N5O3. The summed E-state index contributed by atoms with van der Waals surface area (Å²) in [6.45, 7) is 3.84. The molecular weight excluding hydrogens is 418 g/mol. The lowest BCUT2D eigenvalue weighted by atomic mass is 10.1. The molecule has 4 rings (SSSR count). The first kappa shape index (κ1) is 22.4. The maximum Gasteiger partial charge on any atom is 0.269 e. The molecule has 0 aromatic heterocycles. The minimum atomic E-state index is -0.389. The number of nitro benzene ring substituents is 1. The highest BCUT2D eigenvalue weighted by molar-refractivity contribution is 5.89. The fraction of sp³-hybridized carbons (Fsp3) is 0.240. The second-order valence-corrected chi connectivity index (χ2v) is 8.00. The maximum atomic E-state index is 10.8. The number of hydrogen-bond acceptors (Lipinski definition) is 7. The van der Waals surface area contributed by atoms with Crippen molar-refractivity contribution in [1.29, 1.82) is 0 Å². The van der Waals surface area contributed by atoms with Crippen molar-refractivity contribution in [3.05, 3.63) is 99.6 Å². The van der Waals surface area contributed by atoms with Gasteiger partial charge in [-0.25, -0.2) is 4.99 Å². The Hall–Kier alpha value is -3.75. The molecule has 0 amide bonds. The molecule has 0 radical (unpaired) electrons. The largest absolute Gasteiger partial charge is 0.481 e. The first-order valence-electron chi connectivity index (χ1n) is 10.9. The zero-order valence-electron chi connectivity index (χ0n) is 18.4. The predicted octanol–water partition coefficient (Wildman–Crippen LogP) is 3.99. The number of nitrogens with two attached hydrogens (primary N) is 1. The summed E-state index contributed by atoms with van der Waals surface area (Å²) in [4.78, 5) is 14.9. The van der Waals surface area contributed by atoms with Crippen molar-refractivity contribution < 1.29 is 9.66 Å². The van der Waals surface area contributed by atoms with Gasteiger partial charge < -0.3 is 21.1 Å². The maximum absolute atomic E-state index is 10.8. The molecule has 0 fully saturated rings. The molecule has 33 heavy (non-hydrogen) atoms. The quantitative estimate of drug-likeness (QED) is 0.339. The van der Waals surface area contributed by atoms with Crippen LogP contribution in [-0.4, -0.2) is 23.4 Å². The number of benzene rings is 3. The van der Waals surface area contributed by atoms with E-state index in [4.69, 9.17) is 10.5 Å². The summed E-state index contributed by atoms with van der Waals surface area (Å²) in [5.41, 5.74) is 10.0. The fourth-order valence-electron chi connectivity index (χ4n) is 3.67. The first-order valence-corrected chi connectivity index (χ1v) is 10.9. The highest BCUT2D eigenvalue weighted by atomic mass is 16.6. The van der Waals surface area contributed by atoms with Gasteiger partial charge in [0.15, 0.2) is 6.10 Å². The molecule has 0 aliphatic carbocycles. The average molecular weight is 446 g/mol. The summed E-state index contributed by atoms with van der Waals surface area (Å²) in [6, 6.07) is 22.9. The zero-order valence-corrected chi connectivity index (χ0v) is 18.4. The Morgan fingerprint density at radius 3 is 2.52 bits per heavy atom. The van der Waals surface area contributed by atoms with Crippen molar-refractivity contribution in [2.24, 2.45) is 10.7 Å². The third-order valence-electron chi connectivity index (χ3n) is 5.57. The molecule has 8 nitrogen and oxygen atoms in total. The van der Waals surface area contributed by atoms with Crippen molar-refractivity contribution in [3.8, 4) is 5.75 Å². The van der Waals surface area contributed by atoms with Crippen LogP contribution in [0.25, 0.3) is 0 Å². The van der Waals surface area contributed by atoms with Gasteiger partial charge in [-0.05, 0) is 35.7 Å². The van der Waals surface area contributed by atoms with Gasteiger partial charge in [0.05, 0.1) is 4.92 Å². The molecule has 1 heterocycles. The molecule has 0 saturated carbocycles. The lowest BCUT2D eigenvalue weighted by molar-refractivity contribution is -0.384. The number of amidine groups is 1. The van der Waals surface area contributed by atoms with Crippen LogP contribution in [0.15, 0.2) is 77.8 Å². The SMILES string of the molecule is CC1Oc2ccc(CNC(CNCc3ccc([N+](=O)[O-])cc3)c3ccccc3)cc2N=C1N. The van der Waals surface area contributed by atoms with E-state index in [1.54, 1.807) is 12.1 Å². The summed E-state index contributed by atoms with van der Waals surface area (Å²) in [5.74, 6) is 1.22. The van der Waals surface area contributed by atoms with Gasteiger partial charge in [-0.2, -0.15) is 0 Å². The van der Waals surface area contributed by atoms with E-state index in [1.165, 1.54) is 17.7 Å². The molecule has 3 aromatic carbocycles. The van der Waals surface area contributed by atoms with Crippen molar-refractivity contribution in [2.75, 3.05) is 6.54 Å². The molecule has 1 aliphatic rings. The summed E-state index contributed by atoms with van der Waals surface area (Å²) in [7, 11) is 0. The highest BCUT2D eigenvalue weighted by Gasteiger charge is 2.18. The fourth-order valence-corrected chi connectivity index (χ4v) is 3.67. The lowest BCUT2D eigenvalue weighted by Gasteiger charge is -2.23. The third kappa shape index (κ3) is 5.74. The Morgan fingerprint density at radius 1 is 1.06 bits per heavy atom. The van der Waals surface area contributed by atoms with Crippen LogP contribution in [0.5, 0.6) is 5.75 Å². The topological polar surface area (TPSA) is 115 Å². The van der Waals surface area contributed by atoms with Crippen LogP contribution in [0.2, 0.25) is 0 Å². The van der Waals surface area contributed by atoms with E-state index in [1.807, 2.05) is 43.3 Å². The van der Waals surface area contributed by atoms with E-state index in [0.717, 1.165) is 22.6 Å². The van der Waals surface area contributed by atoms with Gasteiger partial charge in [0.2, 0.25) is 0 Å². The molecule has 2 atom stereocenters. The third-order valence-corrected chi connectivity index (χ3v) is 5.57. The number of nitrogens with one attached hydrogen (secondary N) is 2. The van der Waals surface area contributed by atoms with Gasteiger partial charge in [-0.15, -0.1) is 0 Å². The zero-order chi connectivity index (χ0) is 23.2. The number of aliphatic imine (C=N–C) groups is 1. The highest BCUT2D eigenvalue weighted by Crippen LogP contribution is 2.32. The van der Waals surface area contributed by atoms with Gasteiger partial charge in [0.25, 0.3) is 5.69 Å². The standard InChI is InChI=1S/C25H27N5O3/c1-17-25(26)29-22-13-19(9-12-24(22)33-17)15-28-23(20-5-3-2-4-6-20)16-27-14-18-7-10-21(11-8-18)30(31)32/h2-13,17,23,27-28H,14-16H2,1H3,(H2,26,29). The average Bonchev–Trinajstić information content (AvgIpc) is 2.83. The number of nitro groups is 1. The van der Waals surface area contributed by atoms with Gasteiger partial charge >= 0.3 is 0 Å². The summed E-state index contributed by atoms with van der Waals surface area (Å²) >= 11 is 0. The lowest BCUT2D eigenvalue weighted by Crippen LogP contribution is -2.33. The van der Waals surface area contributed by atoms with Crippen LogP contribution in [0, 0.1) is 10.1 Å². The molecule has 8 heteroatoms. The van der Waals surface area contributed by atoms with E-state index in [9.17, 15) is 10.1 Å². The van der Waals surface area contributed by atoms with Gasteiger partial charge in [-0.1, -0.05) is 48.5 Å². The number of non-ortho nitro benzene ring substituents is 1. The van der Waals surface area contributed by atoms with Gasteiger partial charge in [0, 0.05) is 37.8 Å². The van der Waals surface area contributed by atoms with Crippen LogP contribution >= 0.6 is 0 Å². The number of ether oxygens (including phenoxy) is 1. The van der Waals surface area contributed by atoms with Gasteiger partial charge in [0.1, 0.15) is 17.3 Å². The molecule has 4 N–H and O–H groups in total. The predicted molar refractivity (Wildman–Crippen MR) is 129 cm³/mol. The Bertz CT molecular complexity index is 1130. The Kier molecular flexibility index (Phi) is 6.97. The van der Waals surface area contributed by atoms with Crippen molar-refractivity contribution in [1.82, 2.24) is 10.6 Å². The number of hydrogen-bond donors (Lipinski definition) is 3.